The van der Waals surface area contributed by atoms with Crippen LogP contribution in [0.3, 0.4) is 0 Å². The zero-order valence-corrected chi connectivity index (χ0v) is 13.3. The van der Waals surface area contributed by atoms with Crippen molar-refractivity contribution in [2.75, 3.05) is 25.0 Å². The molecule has 1 aliphatic rings. The average Bonchev–Trinajstić information content (AvgIpc) is 2.50. The molecule has 21 heavy (non-hydrogen) atoms. The van der Waals surface area contributed by atoms with Gasteiger partial charge in [0.2, 0.25) is 0 Å². The van der Waals surface area contributed by atoms with Gasteiger partial charge in [0.05, 0.1) is 11.2 Å². The zero-order valence-electron chi connectivity index (χ0n) is 13.3. The summed E-state index contributed by atoms with van der Waals surface area (Å²) in [7, 11) is 1.97. The molecule has 112 valence electrons. The number of piperidine rings is 1. The number of fused-ring (bicyclic) bond motifs is 1. The maximum absolute atomic E-state index is 4.77. The van der Waals surface area contributed by atoms with Gasteiger partial charge in [-0.3, -0.25) is 4.98 Å². The lowest BCUT2D eigenvalue weighted by molar-refractivity contribution is 0.324. The molecule has 0 radical (unpaired) electrons. The molecule has 3 nitrogen and oxygen atoms in total. The molecule has 1 aromatic carbocycles. The highest BCUT2D eigenvalue weighted by Gasteiger charge is 2.24. The number of aromatic nitrogens is 1. The number of hydrogen-bond acceptors (Lipinski definition) is 3. The number of nitrogens with zero attached hydrogens (tertiary/aromatic N) is 2. The van der Waals surface area contributed by atoms with Crippen molar-refractivity contribution in [1.82, 2.24) is 10.3 Å². The number of benzene rings is 1. The van der Waals surface area contributed by atoms with Gasteiger partial charge in [-0.05, 0) is 37.4 Å². The Balaban J connectivity index is 2.03. The van der Waals surface area contributed by atoms with E-state index in [0.29, 0.717) is 0 Å². The first kappa shape index (κ1) is 14.3. The van der Waals surface area contributed by atoms with Crippen molar-refractivity contribution in [1.29, 1.82) is 0 Å². The van der Waals surface area contributed by atoms with Crippen molar-refractivity contribution < 1.29 is 0 Å². The number of para-hydroxylation sites is 1. The molecule has 2 heterocycles. The van der Waals surface area contributed by atoms with Crippen LogP contribution in [0.25, 0.3) is 10.9 Å². The lowest BCUT2D eigenvalue weighted by atomic mass is 9.88. The first-order chi connectivity index (χ1) is 10.2. The van der Waals surface area contributed by atoms with Gasteiger partial charge in [-0.2, -0.15) is 0 Å². The van der Waals surface area contributed by atoms with Crippen LogP contribution in [0.15, 0.2) is 30.3 Å². The normalized spacial score (nSPS) is 22.7. The highest BCUT2D eigenvalue weighted by Crippen LogP contribution is 2.32. The Labute approximate surface area is 127 Å². The van der Waals surface area contributed by atoms with Crippen molar-refractivity contribution in [3.8, 4) is 0 Å². The third-order valence-electron chi connectivity index (χ3n) is 4.78. The largest absolute Gasteiger partial charge is 0.371 e. The summed E-state index contributed by atoms with van der Waals surface area (Å²) in [6, 6.07) is 10.8. The van der Waals surface area contributed by atoms with Crippen LogP contribution in [0.1, 0.15) is 26.0 Å². The van der Waals surface area contributed by atoms with E-state index in [1.165, 1.54) is 17.5 Å². The van der Waals surface area contributed by atoms with Crippen molar-refractivity contribution in [2.24, 2.45) is 11.8 Å². The van der Waals surface area contributed by atoms with Gasteiger partial charge in [-0.25, -0.2) is 0 Å². The molecule has 1 aromatic heterocycles. The van der Waals surface area contributed by atoms with E-state index in [4.69, 9.17) is 4.98 Å². The van der Waals surface area contributed by atoms with Gasteiger partial charge in [0.15, 0.2) is 0 Å². The minimum atomic E-state index is 0.749. The van der Waals surface area contributed by atoms with Crippen molar-refractivity contribution in [3.63, 3.8) is 0 Å². The minimum Gasteiger partial charge on any atom is -0.371 e. The van der Waals surface area contributed by atoms with Crippen LogP contribution in [0.5, 0.6) is 0 Å². The van der Waals surface area contributed by atoms with Gasteiger partial charge >= 0.3 is 0 Å². The van der Waals surface area contributed by atoms with E-state index in [1.54, 1.807) is 0 Å². The molecule has 0 saturated carbocycles. The van der Waals surface area contributed by atoms with Crippen LogP contribution in [0.2, 0.25) is 0 Å². The fraction of sp³-hybridized carbons (Fsp3) is 0.500. The smallest absolute Gasteiger partial charge is 0.0726 e. The summed E-state index contributed by atoms with van der Waals surface area (Å²) in [5, 5.41) is 4.49. The molecule has 2 atom stereocenters. The number of pyridine rings is 1. The van der Waals surface area contributed by atoms with E-state index in [-0.39, 0.29) is 0 Å². The predicted molar refractivity (Wildman–Crippen MR) is 89.7 cm³/mol. The molecule has 0 spiro atoms. The van der Waals surface area contributed by atoms with Crippen molar-refractivity contribution in [2.45, 2.75) is 26.8 Å². The Kier molecular flexibility index (Phi) is 4.11. The third kappa shape index (κ3) is 2.88. The lowest BCUT2D eigenvalue weighted by Crippen LogP contribution is -2.38. The molecule has 1 N–H and O–H groups in total. The Morgan fingerprint density at radius 1 is 1.24 bits per heavy atom. The summed E-state index contributed by atoms with van der Waals surface area (Å²) in [6.07, 6.45) is 1.28. The number of hydrogen-bond donors (Lipinski definition) is 1. The van der Waals surface area contributed by atoms with E-state index in [2.05, 4.69) is 54.4 Å². The number of nitrogens with one attached hydrogen (secondary N) is 1. The van der Waals surface area contributed by atoms with Crippen LogP contribution in [-0.2, 0) is 6.54 Å². The SMILES string of the molecule is CNCc1cc(N2CCC(C)C(C)C2)c2ccccc2n1. The van der Waals surface area contributed by atoms with Gasteiger partial charge in [0.1, 0.15) is 0 Å². The highest BCUT2D eigenvalue weighted by atomic mass is 15.1. The first-order valence-corrected chi connectivity index (χ1v) is 7.97. The zero-order chi connectivity index (χ0) is 14.8. The lowest BCUT2D eigenvalue weighted by Gasteiger charge is -2.37. The molecular weight excluding hydrogens is 258 g/mol. The third-order valence-corrected chi connectivity index (χ3v) is 4.78. The van der Waals surface area contributed by atoms with Gasteiger partial charge in [-0.15, -0.1) is 0 Å². The predicted octanol–water partition coefficient (Wildman–Crippen LogP) is 3.44. The number of anilines is 1. The topological polar surface area (TPSA) is 28.2 Å². The molecule has 0 aliphatic carbocycles. The average molecular weight is 283 g/mol. The van der Waals surface area contributed by atoms with Crippen LogP contribution < -0.4 is 10.2 Å². The van der Waals surface area contributed by atoms with Gasteiger partial charge in [0, 0.05) is 30.7 Å². The summed E-state index contributed by atoms with van der Waals surface area (Å²) >= 11 is 0. The monoisotopic (exact) mass is 283 g/mol. The molecule has 1 fully saturated rings. The van der Waals surface area contributed by atoms with E-state index < -0.39 is 0 Å². The van der Waals surface area contributed by atoms with Crippen molar-refractivity contribution >= 4 is 16.6 Å². The summed E-state index contributed by atoms with van der Waals surface area (Å²) in [5.74, 6) is 1.57. The standard InChI is InChI=1S/C18H25N3/c1-13-8-9-21(12-14(13)2)18-10-15(11-19-3)20-17-7-5-4-6-16(17)18/h4-7,10,13-14,19H,8-9,11-12H2,1-3H3. The second-order valence-corrected chi connectivity index (χ2v) is 6.37. The van der Waals surface area contributed by atoms with Gasteiger partial charge < -0.3 is 10.2 Å². The fourth-order valence-electron chi connectivity index (χ4n) is 3.23. The van der Waals surface area contributed by atoms with Crippen LogP contribution in [0.4, 0.5) is 5.69 Å². The summed E-state index contributed by atoms with van der Waals surface area (Å²) in [5.41, 5.74) is 3.58. The van der Waals surface area contributed by atoms with E-state index in [9.17, 15) is 0 Å². The molecule has 1 saturated heterocycles. The molecule has 0 amide bonds. The molecule has 3 rings (SSSR count). The Bertz CT molecular complexity index is 623. The van der Waals surface area contributed by atoms with E-state index >= 15 is 0 Å². The summed E-state index contributed by atoms with van der Waals surface area (Å²) in [6.45, 7) is 7.86. The summed E-state index contributed by atoms with van der Waals surface area (Å²) in [4.78, 5) is 7.31. The Morgan fingerprint density at radius 3 is 2.81 bits per heavy atom. The molecule has 2 unspecified atom stereocenters. The quantitative estimate of drug-likeness (QED) is 0.935. The minimum absolute atomic E-state index is 0.749. The molecule has 0 bridgehead atoms. The second kappa shape index (κ2) is 6.02. The molecular formula is C18H25N3. The van der Waals surface area contributed by atoms with Crippen LogP contribution in [-0.4, -0.2) is 25.1 Å². The van der Waals surface area contributed by atoms with Crippen LogP contribution >= 0.6 is 0 Å². The van der Waals surface area contributed by atoms with Crippen LogP contribution in [0, 0.1) is 11.8 Å². The van der Waals surface area contributed by atoms with E-state index in [1.807, 2.05) is 7.05 Å². The number of rotatable bonds is 3. The molecule has 2 aromatic rings. The van der Waals surface area contributed by atoms with Gasteiger partial charge in [-0.1, -0.05) is 32.0 Å². The van der Waals surface area contributed by atoms with E-state index in [0.717, 1.165) is 42.7 Å². The highest BCUT2D eigenvalue weighted by molar-refractivity contribution is 5.92. The fourth-order valence-corrected chi connectivity index (χ4v) is 3.23. The maximum atomic E-state index is 4.77. The Hall–Kier alpha value is -1.61. The molecule has 3 heteroatoms. The second-order valence-electron chi connectivity index (χ2n) is 6.37. The first-order valence-electron chi connectivity index (χ1n) is 7.97. The molecule has 1 aliphatic heterocycles. The van der Waals surface area contributed by atoms with Gasteiger partial charge in [0.25, 0.3) is 0 Å². The summed E-state index contributed by atoms with van der Waals surface area (Å²) < 4.78 is 0. The van der Waals surface area contributed by atoms with Crippen molar-refractivity contribution in [3.05, 3.63) is 36.0 Å². The maximum Gasteiger partial charge on any atom is 0.0726 e. The Morgan fingerprint density at radius 2 is 2.05 bits per heavy atom.